The highest BCUT2D eigenvalue weighted by Crippen LogP contribution is 2.39. The standard InChI is InChI=1S/C23H22ClN3O5S/c1-30-18-7-5-14(24)9-17(18)26-22(29)12-33-23-16(11-25)15(10-21(28)27-23)13-4-6-19(31-2)20(8-13)32-3/h4-9,15H,10,12H2,1-3H3,(H,26,29)(H,27,28)/t15-/m0/s1. The predicted octanol–water partition coefficient (Wildman–Crippen LogP) is 4.08. The van der Waals surface area contributed by atoms with Gasteiger partial charge in [-0.05, 0) is 35.9 Å². The molecule has 172 valence electrons. The Morgan fingerprint density at radius 3 is 2.52 bits per heavy atom. The molecule has 1 aliphatic rings. The van der Waals surface area contributed by atoms with Crippen molar-refractivity contribution in [3.05, 3.63) is 57.6 Å². The lowest BCUT2D eigenvalue weighted by Crippen LogP contribution is -2.31. The molecule has 1 heterocycles. The quantitative estimate of drug-likeness (QED) is 0.577. The molecule has 1 atom stereocenters. The van der Waals surface area contributed by atoms with Gasteiger partial charge in [0, 0.05) is 17.4 Å². The number of benzene rings is 2. The highest BCUT2D eigenvalue weighted by molar-refractivity contribution is 8.03. The number of nitrogens with zero attached hydrogens (tertiary/aromatic N) is 1. The second kappa shape index (κ2) is 11.0. The zero-order valence-electron chi connectivity index (χ0n) is 18.2. The summed E-state index contributed by atoms with van der Waals surface area (Å²) in [6, 6.07) is 12.4. The summed E-state index contributed by atoms with van der Waals surface area (Å²) in [5.74, 6) is 0.432. The lowest BCUT2D eigenvalue weighted by Gasteiger charge is -2.25. The second-order valence-electron chi connectivity index (χ2n) is 6.96. The maximum atomic E-state index is 12.5. The van der Waals surface area contributed by atoms with Crippen molar-refractivity contribution in [1.82, 2.24) is 5.32 Å². The van der Waals surface area contributed by atoms with Gasteiger partial charge in [-0.15, -0.1) is 0 Å². The molecule has 33 heavy (non-hydrogen) atoms. The third kappa shape index (κ3) is 5.72. The molecule has 2 N–H and O–H groups in total. The second-order valence-corrected chi connectivity index (χ2v) is 8.38. The van der Waals surface area contributed by atoms with Crippen molar-refractivity contribution in [3.63, 3.8) is 0 Å². The summed E-state index contributed by atoms with van der Waals surface area (Å²) in [5, 5.41) is 16.1. The van der Waals surface area contributed by atoms with E-state index >= 15 is 0 Å². The first-order valence-electron chi connectivity index (χ1n) is 9.82. The van der Waals surface area contributed by atoms with Crippen LogP contribution in [0.2, 0.25) is 5.02 Å². The lowest BCUT2D eigenvalue weighted by atomic mass is 9.87. The van der Waals surface area contributed by atoms with E-state index in [0.717, 1.165) is 17.3 Å². The van der Waals surface area contributed by atoms with E-state index in [9.17, 15) is 14.9 Å². The van der Waals surface area contributed by atoms with E-state index in [0.29, 0.717) is 38.6 Å². The molecule has 0 saturated heterocycles. The molecule has 0 aliphatic carbocycles. The number of rotatable bonds is 8. The predicted molar refractivity (Wildman–Crippen MR) is 127 cm³/mol. The van der Waals surface area contributed by atoms with Gasteiger partial charge in [0.2, 0.25) is 11.8 Å². The van der Waals surface area contributed by atoms with E-state index in [1.165, 1.54) is 21.3 Å². The molecule has 10 heteroatoms. The molecular formula is C23H22ClN3O5S. The zero-order chi connectivity index (χ0) is 24.0. The summed E-state index contributed by atoms with van der Waals surface area (Å²) >= 11 is 7.08. The number of carbonyl (C=O) groups is 2. The van der Waals surface area contributed by atoms with Gasteiger partial charge in [-0.1, -0.05) is 29.4 Å². The fourth-order valence-electron chi connectivity index (χ4n) is 3.39. The smallest absolute Gasteiger partial charge is 0.234 e. The minimum Gasteiger partial charge on any atom is -0.495 e. The molecule has 8 nitrogen and oxygen atoms in total. The Bertz CT molecular complexity index is 1150. The number of methoxy groups -OCH3 is 3. The molecule has 0 radical (unpaired) electrons. The molecule has 2 aromatic rings. The Morgan fingerprint density at radius 1 is 1.15 bits per heavy atom. The Hall–Kier alpha value is -3.35. The first-order chi connectivity index (χ1) is 15.9. The first-order valence-corrected chi connectivity index (χ1v) is 11.2. The van der Waals surface area contributed by atoms with Crippen molar-refractivity contribution < 1.29 is 23.8 Å². The van der Waals surface area contributed by atoms with Crippen LogP contribution in [0.25, 0.3) is 0 Å². The minimum atomic E-state index is -0.470. The number of anilines is 1. The molecule has 0 unspecified atom stereocenters. The largest absolute Gasteiger partial charge is 0.495 e. The lowest BCUT2D eigenvalue weighted by molar-refractivity contribution is -0.121. The van der Waals surface area contributed by atoms with Crippen molar-refractivity contribution in [2.75, 3.05) is 32.4 Å². The van der Waals surface area contributed by atoms with E-state index in [-0.39, 0.29) is 24.0 Å². The SMILES string of the molecule is COc1ccc(Cl)cc1NC(=O)CSC1=C(C#N)[C@H](c2ccc(OC)c(OC)c2)CC(=O)N1. The Kier molecular flexibility index (Phi) is 8.09. The van der Waals surface area contributed by atoms with Crippen LogP contribution in [0.15, 0.2) is 47.0 Å². The molecule has 0 bridgehead atoms. The number of halogens is 1. The zero-order valence-corrected chi connectivity index (χ0v) is 19.8. The van der Waals surface area contributed by atoms with E-state index < -0.39 is 5.92 Å². The number of hydrogen-bond acceptors (Lipinski definition) is 7. The number of hydrogen-bond donors (Lipinski definition) is 2. The summed E-state index contributed by atoms with van der Waals surface area (Å²) in [4.78, 5) is 24.9. The highest BCUT2D eigenvalue weighted by Gasteiger charge is 2.30. The first kappa shape index (κ1) is 24.3. The van der Waals surface area contributed by atoms with Crippen molar-refractivity contribution >= 4 is 40.9 Å². The summed E-state index contributed by atoms with van der Waals surface area (Å²) in [6.07, 6.45) is 0.106. The third-order valence-corrected chi connectivity index (χ3v) is 6.20. The van der Waals surface area contributed by atoms with E-state index in [1.807, 2.05) is 0 Å². The normalized spacial score (nSPS) is 15.4. The van der Waals surface area contributed by atoms with Crippen LogP contribution in [0.5, 0.6) is 17.2 Å². The van der Waals surface area contributed by atoms with Gasteiger partial charge in [0.25, 0.3) is 0 Å². The van der Waals surface area contributed by atoms with Gasteiger partial charge in [0.05, 0.1) is 49.4 Å². The molecule has 0 fully saturated rings. The Balaban J connectivity index is 1.81. The van der Waals surface area contributed by atoms with Gasteiger partial charge < -0.3 is 24.8 Å². The van der Waals surface area contributed by atoms with Crippen LogP contribution in [0.3, 0.4) is 0 Å². The van der Waals surface area contributed by atoms with Gasteiger partial charge in [0.15, 0.2) is 11.5 Å². The van der Waals surface area contributed by atoms with Crippen LogP contribution in [0, 0.1) is 11.3 Å². The summed E-state index contributed by atoms with van der Waals surface area (Å²) < 4.78 is 15.8. The van der Waals surface area contributed by atoms with Crippen molar-refractivity contribution in [2.45, 2.75) is 12.3 Å². The topological polar surface area (TPSA) is 110 Å². The number of amides is 2. The number of nitrogens with one attached hydrogen (secondary N) is 2. The summed E-state index contributed by atoms with van der Waals surface area (Å²) in [5.41, 5.74) is 1.55. The highest BCUT2D eigenvalue weighted by atomic mass is 35.5. The maximum Gasteiger partial charge on any atom is 0.234 e. The fourth-order valence-corrected chi connectivity index (χ4v) is 4.44. The molecular weight excluding hydrogens is 466 g/mol. The van der Waals surface area contributed by atoms with Crippen LogP contribution in [-0.4, -0.2) is 38.9 Å². The van der Waals surface area contributed by atoms with Gasteiger partial charge in [0.1, 0.15) is 5.75 Å². The van der Waals surface area contributed by atoms with Crippen molar-refractivity contribution in [3.8, 4) is 23.3 Å². The van der Waals surface area contributed by atoms with E-state index in [1.54, 1.807) is 36.4 Å². The number of carbonyl (C=O) groups excluding carboxylic acids is 2. The fraction of sp³-hybridized carbons (Fsp3) is 0.261. The van der Waals surface area contributed by atoms with Gasteiger partial charge in [-0.25, -0.2) is 0 Å². The van der Waals surface area contributed by atoms with Crippen LogP contribution < -0.4 is 24.8 Å². The van der Waals surface area contributed by atoms with Crippen LogP contribution in [0.1, 0.15) is 17.9 Å². The van der Waals surface area contributed by atoms with Crippen LogP contribution in [-0.2, 0) is 9.59 Å². The van der Waals surface area contributed by atoms with Crippen LogP contribution >= 0.6 is 23.4 Å². The third-order valence-electron chi connectivity index (χ3n) is 4.95. The van der Waals surface area contributed by atoms with Crippen molar-refractivity contribution in [1.29, 1.82) is 5.26 Å². The Labute approximate surface area is 200 Å². The number of nitriles is 1. The Morgan fingerprint density at radius 2 is 1.85 bits per heavy atom. The van der Waals surface area contributed by atoms with Gasteiger partial charge >= 0.3 is 0 Å². The van der Waals surface area contributed by atoms with E-state index in [4.69, 9.17) is 25.8 Å². The summed E-state index contributed by atoms with van der Waals surface area (Å²) in [7, 11) is 4.54. The molecule has 0 spiro atoms. The van der Waals surface area contributed by atoms with Crippen molar-refractivity contribution in [2.24, 2.45) is 0 Å². The average molecular weight is 488 g/mol. The molecule has 3 rings (SSSR count). The molecule has 2 amide bonds. The molecule has 2 aromatic carbocycles. The number of ether oxygens (including phenoxy) is 3. The molecule has 1 aliphatic heterocycles. The average Bonchev–Trinajstić information content (AvgIpc) is 2.82. The minimum absolute atomic E-state index is 0.0326. The van der Waals surface area contributed by atoms with Gasteiger partial charge in [-0.2, -0.15) is 5.26 Å². The van der Waals surface area contributed by atoms with Gasteiger partial charge in [-0.3, -0.25) is 9.59 Å². The van der Waals surface area contributed by atoms with Crippen LogP contribution in [0.4, 0.5) is 5.69 Å². The van der Waals surface area contributed by atoms with E-state index in [2.05, 4.69) is 16.7 Å². The summed E-state index contributed by atoms with van der Waals surface area (Å²) in [6.45, 7) is 0. The maximum absolute atomic E-state index is 12.5. The molecule has 0 aromatic heterocycles. The number of allylic oxidation sites excluding steroid dienone is 1. The monoisotopic (exact) mass is 487 g/mol. The molecule has 0 saturated carbocycles. The number of thioether (sulfide) groups is 1.